The van der Waals surface area contributed by atoms with Crippen LogP contribution in [0.15, 0.2) is 152 Å². The van der Waals surface area contributed by atoms with Gasteiger partial charge in [0.05, 0.1) is 34.1 Å². The second-order valence-corrected chi connectivity index (χ2v) is 13.0. The van der Waals surface area contributed by atoms with Gasteiger partial charge in [-0.2, -0.15) is 0 Å². The maximum Gasteiger partial charge on any atom is 0.151 e. The minimum atomic E-state index is -0.347. The van der Waals surface area contributed by atoms with Crippen molar-refractivity contribution in [1.29, 1.82) is 0 Å². The minimum absolute atomic E-state index is 0.0832. The van der Waals surface area contributed by atoms with Crippen LogP contribution in [0.3, 0.4) is 0 Å². The second-order valence-electron chi connectivity index (χ2n) is 13.0. The zero-order chi connectivity index (χ0) is 34.6. The summed E-state index contributed by atoms with van der Waals surface area (Å²) >= 11 is 0. The third-order valence-corrected chi connectivity index (χ3v) is 9.47. The number of halogens is 2. The first kappa shape index (κ1) is 30.6. The van der Waals surface area contributed by atoms with Crippen LogP contribution in [0.25, 0.3) is 22.3 Å². The topological polar surface area (TPSA) is 24.9 Å². The Morgan fingerprint density at radius 2 is 0.784 bits per heavy atom. The van der Waals surface area contributed by atoms with Crippen molar-refractivity contribution in [3.8, 4) is 45.3 Å². The van der Waals surface area contributed by atoms with Crippen LogP contribution in [0, 0.1) is 11.6 Å². The molecule has 0 aliphatic carbocycles. The van der Waals surface area contributed by atoms with Crippen molar-refractivity contribution >= 4 is 34.1 Å². The number of nitrogens with zero attached hydrogens (tertiary/aromatic N) is 2. The molecule has 51 heavy (non-hydrogen) atoms. The van der Waals surface area contributed by atoms with Gasteiger partial charge in [0, 0.05) is 16.7 Å². The fraction of sp³-hybridized carbons (Fsp3) is 0.0667. The molecule has 2 aliphatic heterocycles. The number of anilines is 6. The van der Waals surface area contributed by atoms with Crippen LogP contribution < -0.4 is 19.3 Å². The van der Waals surface area contributed by atoms with Crippen LogP contribution in [0.1, 0.15) is 25.3 Å². The van der Waals surface area contributed by atoms with Gasteiger partial charge in [0.1, 0.15) is 11.6 Å². The van der Waals surface area contributed by atoms with Crippen molar-refractivity contribution in [2.24, 2.45) is 0 Å². The molecule has 0 N–H and O–H groups in total. The van der Waals surface area contributed by atoms with Crippen LogP contribution >= 0.6 is 0 Å². The van der Waals surface area contributed by atoms with Gasteiger partial charge in [0.25, 0.3) is 0 Å². The molecule has 7 aromatic carbocycles. The number of ether oxygens (including phenoxy) is 2. The molecule has 0 atom stereocenters. The molecule has 2 aliphatic rings. The summed E-state index contributed by atoms with van der Waals surface area (Å²) in [5.41, 5.74) is 9.10. The van der Waals surface area contributed by atoms with Gasteiger partial charge in [0.2, 0.25) is 0 Å². The van der Waals surface area contributed by atoms with E-state index in [1.54, 1.807) is 24.3 Å². The molecule has 0 radical (unpaired) electrons. The maximum absolute atomic E-state index is 15.2. The van der Waals surface area contributed by atoms with E-state index in [0.717, 1.165) is 50.8 Å². The lowest BCUT2D eigenvalue weighted by Crippen LogP contribution is -2.23. The predicted molar refractivity (Wildman–Crippen MR) is 201 cm³/mol. The molecule has 248 valence electrons. The number of rotatable bonds is 5. The van der Waals surface area contributed by atoms with Crippen LogP contribution in [-0.2, 0) is 0 Å². The normalized spacial score (nSPS) is 12.7. The van der Waals surface area contributed by atoms with Crippen LogP contribution in [0.4, 0.5) is 42.9 Å². The molecule has 0 saturated carbocycles. The third-order valence-electron chi connectivity index (χ3n) is 9.47. The lowest BCUT2D eigenvalue weighted by atomic mass is 9.85. The van der Waals surface area contributed by atoms with E-state index in [4.69, 9.17) is 9.47 Å². The molecule has 2 heterocycles. The van der Waals surface area contributed by atoms with Gasteiger partial charge in [-0.1, -0.05) is 86.6 Å². The van der Waals surface area contributed by atoms with Crippen molar-refractivity contribution in [2.75, 3.05) is 9.80 Å². The number of fused-ring (bicyclic) bond motifs is 4. The summed E-state index contributed by atoms with van der Waals surface area (Å²) in [4.78, 5) is 4.47. The van der Waals surface area contributed by atoms with Gasteiger partial charge in [0.15, 0.2) is 23.0 Å². The molecule has 0 amide bonds. The standard InChI is InChI=1S/C45H32F2N2O2/c1-28(2)43-44(48-35-17-3-7-21-39(35)50-40-22-8-4-18-36(40)48)33(29-13-11-15-31(46)25-29)27-34(30-14-12-16-32(47)26-30)45(43)49-37-19-5-9-23-41(37)51-42-24-10-6-20-38(42)49/h3-28H,1-2H3. The zero-order valence-corrected chi connectivity index (χ0v) is 28.0. The second kappa shape index (κ2) is 12.2. The van der Waals surface area contributed by atoms with E-state index in [1.807, 2.05) is 109 Å². The first-order chi connectivity index (χ1) is 25.0. The minimum Gasteiger partial charge on any atom is -0.453 e. The SMILES string of the molecule is CC(C)c1c(N2c3ccccc3Oc3ccccc32)c(-c2cccc(F)c2)cc(-c2cccc(F)c2)c1N1c2ccccc2Oc2ccccc21. The van der Waals surface area contributed by atoms with E-state index in [2.05, 4.69) is 29.7 Å². The van der Waals surface area contributed by atoms with E-state index in [1.165, 1.54) is 12.1 Å². The number of hydrogen-bond acceptors (Lipinski definition) is 4. The van der Waals surface area contributed by atoms with Crippen molar-refractivity contribution < 1.29 is 18.3 Å². The van der Waals surface area contributed by atoms with Gasteiger partial charge in [-0.15, -0.1) is 0 Å². The van der Waals surface area contributed by atoms with Crippen LogP contribution in [0.5, 0.6) is 23.0 Å². The molecule has 7 aromatic rings. The summed E-state index contributed by atoms with van der Waals surface area (Å²) in [5.74, 6) is 2.03. The quantitative estimate of drug-likeness (QED) is 0.182. The number of benzene rings is 7. The summed E-state index contributed by atoms with van der Waals surface area (Å²) in [5, 5.41) is 0. The van der Waals surface area contributed by atoms with Gasteiger partial charge >= 0.3 is 0 Å². The van der Waals surface area contributed by atoms with E-state index < -0.39 is 0 Å². The predicted octanol–water partition coefficient (Wildman–Crippen LogP) is 13.6. The monoisotopic (exact) mass is 670 g/mol. The highest BCUT2D eigenvalue weighted by molar-refractivity contribution is 6.04. The Labute approximate surface area is 295 Å². The summed E-state index contributed by atoms with van der Waals surface area (Å²) in [6.45, 7) is 4.34. The van der Waals surface area contributed by atoms with Gasteiger partial charge in [-0.05, 0) is 95.9 Å². The molecule has 4 nitrogen and oxygen atoms in total. The third kappa shape index (κ3) is 5.10. The Morgan fingerprint density at radius 1 is 0.431 bits per heavy atom. The Hall–Kier alpha value is -6.40. The summed E-state index contributed by atoms with van der Waals surface area (Å²) in [7, 11) is 0. The number of hydrogen-bond donors (Lipinski definition) is 0. The molecule has 0 spiro atoms. The summed E-state index contributed by atoms with van der Waals surface area (Å²) in [6, 6.07) is 47.3. The Balaban J connectivity index is 1.49. The smallest absolute Gasteiger partial charge is 0.151 e. The van der Waals surface area contributed by atoms with Crippen molar-refractivity contribution in [2.45, 2.75) is 19.8 Å². The lowest BCUT2D eigenvalue weighted by Gasteiger charge is -2.40. The fourth-order valence-electron chi connectivity index (χ4n) is 7.36. The Morgan fingerprint density at radius 3 is 1.12 bits per heavy atom. The molecule has 0 fully saturated rings. The number of para-hydroxylation sites is 8. The van der Waals surface area contributed by atoms with Gasteiger partial charge in [-0.25, -0.2) is 8.78 Å². The molecule has 0 bridgehead atoms. The largest absolute Gasteiger partial charge is 0.453 e. The Kier molecular flexibility index (Phi) is 7.32. The van der Waals surface area contributed by atoms with Gasteiger partial charge in [-0.3, -0.25) is 0 Å². The fourth-order valence-corrected chi connectivity index (χ4v) is 7.36. The molecular weight excluding hydrogens is 639 g/mol. The summed E-state index contributed by atoms with van der Waals surface area (Å²) in [6.07, 6.45) is 0. The highest BCUT2D eigenvalue weighted by Crippen LogP contribution is 2.60. The van der Waals surface area contributed by atoms with E-state index in [0.29, 0.717) is 34.1 Å². The summed E-state index contributed by atoms with van der Waals surface area (Å²) < 4.78 is 43.4. The molecule has 0 saturated heterocycles. The molecular formula is C45H32F2N2O2. The van der Waals surface area contributed by atoms with Crippen molar-refractivity contribution in [3.05, 3.63) is 169 Å². The molecule has 9 rings (SSSR count). The average Bonchev–Trinajstić information content (AvgIpc) is 3.15. The highest BCUT2D eigenvalue weighted by Gasteiger charge is 2.36. The van der Waals surface area contributed by atoms with E-state index in [9.17, 15) is 0 Å². The van der Waals surface area contributed by atoms with Crippen LogP contribution in [-0.4, -0.2) is 0 Å². The van der Waals surface area contributed by atoms with E-state index >= 15 is 8.78 Å². The van der Waals surface area contributed by atoms with Crippen molar-refractivity contribution in [3.63, 3.8) is 0 Å². The lowest BCUT2D eigenvalue weighted by molar-refractivity contribution is 0.476. The first-order valence-electron chi connectivity index (χ1n) is 17.0. The van der Waals surface area contributed by atoms with Crippen LogP contribution in [0.2, 0.25) is 0 Å². The van der Waals surface area contributed by atoms with Crippen molar-refractivity contribution in [1.82, 2.24) is 0 Å². The Bertz CT molecular complexity index is 2220. The van der Waals surface area contributed by atoms with Gasteiger partial charge < -0.3 is 19.3 Å². The molecule has 0 aromatic heterocycles. The molecule has 6 heteroatoms. The maximum atomic E-state index is 15.2. The van der Waals surface area contributed by atoms with E-state index in [-0.39, 0.29) is 17.6 Å². The highest BCUT2D eigenvalue weighted by atomic mass is 19.1. The first-order valence-corrected chi connectivity index (χ1v) is 17.0. The molecule has 0 unspecified atom stereocenters. The zero-order valence-electron chi connectivity index (χ0n) is 28.0. The average molecular weight is 671 g/mol.